The van der Waals surface area contributed by atoms with E-state index in [-0.39, 0.29) is 24.8 Å². The van der Waals surface area contributed by atoms with Crippen LogP contribution in [0.4, 0.5) is 0 Å². The summed E-state index contributed by atoms with van der Waals surface area (Å²) in [4.78, 5) is 16.4. The Hall–Kier alpha value is -1.05. The molecule has 1 aliphatic rings. The van der Waals surface area contributed by atoms with Crippen molar-refractivity contribution in [1.82, 2.24) is 13.8 Å². The number of amides is 1. The van der Waals surface area contributed by atoms with Crippen LogP contribution in [0.3, 0.4) is 0 Å². The van der Waals surface area contributed by atoms with E-state index in [1.807, 2.05) is 0 Å². The molecule has 70 valence electrons. The lowest BCUT2D eigenvalue weighted by atomic mass is 10.4. The van der Waals surface area contributed by atoms with E-state index in [0.29, 0.717) is 0 Å². The Morgan fingerprint density at radius 2 is 2.69 bits per heavy atom. The van der Waals surface area contributed by atoms with Gasteiger partial charge in [-0.2, -0.15) is 8.75 Å². The largest absolute Gasteiger partial charge is 0.389 e. The fourth-order valence-corrected chi connectivity index (χ4v) is 1.41. The van der Waals surface area contributed by atoms with Crippen molar-refractivity contribution in [3.05, 3.63) is 11.9 Å². The van der Waals surface area contributed by atoms with Crippen molar-refractivity contribution in [3.63, 3.8) is 0 Å². The third-order valence-corrected chi connectivity index (χ3v) is 2.08. The Balaban J connectivity index is 2.06. The lowest BCUT2D eigenvalue weighted by molar-refractivity contribution is -0.0782. The number of aliphatic hydroxyl groups excluding tert-OH is 1. The van der Waals surface area contributed by atoms with Gasteiger partial charge in [-0.05, 0) is 0 Å². The second kappa shape index (κ2) is 3.36. The van der Waals surface area contributed by atoms with Gasteiger partial charge in [-0.1, -0.05) is 0 Å². The molecule has 2 heterocycles. The van der Waals surface area contributed by atoms with Crippen molar-refractivity contribution in [2.45, 2.75) is 6.10 Å². The van der Waals surface area contributed by atoms with Crippen molar-refractivity contribution in [2.75, 3.05) is 13.2 Å². The first-order chi connectivity index (χ1) is 6.27. The molecule has 6 nitrogen and oxygen atoms in total. The number of carbonyl (C=O) groups excluding carboxylic acids is 1. The summed E-state index contributed by atoms with van der Waals surface area (Å²) in [5.74, 6) is -0.356. The predicted octanol–water partition coefficient (Wildman–Crippen LogP) is -0.714. The van der Waals surface area contributed by atoms with Gasteiger partial charge in [0.05, 0.1) is 24.5 Å². The van der Waals surface area contributed by atoms with Crippen LogP contribution in [0.25, 0.3) is 0 Å². The van der Waals surface area contributed by atoms with Crippen molar-refractivity contribution < 1.29 is 14.7 Å². The maximum atomic E-state index is 11.4. The average molecular weight is 201 g/mol. The Bertz CT molecular complexity index is 302. The first kappa shape index (κ1) is 8.54. The van der Waals surface area contributed by atoms with Crippen LogP contribution in [0.5, 0.6) is 0 Å². The number of β-amino-alcohol motifs (C(OH)–C–C–N with tert-alkyl or cyclic N) is 1. The SMILES string of the molecule is O=C(c1cnsn1)N1C[C@H](O)CO1. The number of aliphatic hydroxyl groups is 1. The zero-order valence-corrected chi connectivity index (χ0v) is 7.40. The number of hydrogen-bond donors (Lipinski definition) is 1. The van der Waals surface area contributed by atoms with Gasteiger partial charge in [-0.3, -0.25) is 9.63 Å². The summed E-state index contributed by atoms with van der Waals surface area (Å²) in [6.45, 7) is 0.347. The summed E-state index contributed by atoms with van der Waals surface area (Å²) >= 11 is 0.962. The quantitative estimate of drug-likeness (QED) is 0.649. The van der Waals surface area contributed by atoms with Gasteiger partial charge in [-0.25, -0.2) is 5.06 Å². The number of rotatable bonds is 1. The minimum Gasteiger partial charge on any atom is -0.389 e. The normalized spacial score (nSPS) is 22.2. The fraction of sp³-hybridized carbons (Fsp3) is 0.500. The molecule has 0 unspecified atom stereocenters. The van der Waals surface area contributed by atoms with Crippen LogP contribution < -0.4 is 0 Å². The summed E-state index contributed by atoms with van der Waals surface area (Å²) < 4.78 is 7.46. The Labute approximate surface area is 78.0 Å². The number of aromatic nitrogens is 2. The molecule has 1 fully saturated rings. The van der Waals surface area contributed by atoms with E-state index in [0.717, 1.165) is 16.8 Å². The van der Waals surface area contributed by atoms with Gasteiger partial charge in [0.2, 0.25) is 0 Å². The number of nitrogens with zero attached hydrogens (tertiary/aromatic N) is 3. The Morgan fingerprint density at radius 3 is 3.23 bits per heavy atom. The molecule has 0 spiro atoms. The molecule has 0 aliphatic carbocycles. The molecule has 1 saturated heterocycles. The topological polar surface area (TPSA) is 75.6 Å². The highest BCUT2D eigenvalue weighted by atomic mass is 32.1. The summed E-state index contributed by atoms with van der Waals surface area (Å²) in [6.07, 6.45) is 0.775. The predicted molar refractivity (Wildman–Crippen MR) is 42.9 cm³/mol. The van der Waals surface area contributed by atoms with Gasteiger partial charge in [0.1, 0.15) is 12.7 Å². The number of hydroxylamine groups is 2. The molecule has 1 atom stereocenters. The van der Waals surface area contributed by atoms with E-state index in [9.17, 15) is 4.79 Å². The first-order valence-electron chi connectivity index (χ1n) is 3.68. The lowest BCUT2D eigenvalue weighted by Gasteiger charge is -2.10. The highest BCUT2D eigenvalue weighted by Gasteiger charge is 2.28. The standard InChI is InChI=1S/C6H7N3O3S/c10-4-2-9(12-3-4)6(11)5-1-7-13-8-5/h1,4,10H,2-3H2/t4-/m0/s1. The van der Waals surface area contributed by atoms with Gasteiger partial charge in [0, 0.05) is 0 Å². The van der Waals surface area contributed by atoms with Crippen molar-refractivity contribution >= 4 is 17.6 Å². The van der Waals surface area contributed by atoms with E-state index >= 15 is 0 Å². The molecule has 7 heteroatoms. The van der Waals surface area contributed by atoms with Gasteiger partial charge >= 0.3 is 0 Å². The molecule has 1 N–H and O–H groups in total. The summed E-state index contributed by atoms with van der Waals surface area (Å²) in [5.41, 5.74) is 0.249. The molecule has 13 heavy (non-hydrogen) atoms. The molecule has 1 aromatic rings. The first-order valence-corrected chi connectivity index (χ1v) is 4.41. The summed E-state index contributed by atoms with van der Waals surface area (Å²) in [6, 6.07) is 0. The third kappa shape index (κ3) is 1.67. The lowest BCUT2D eigenvalue weighted by Crippen LogP contribution is -2.28. The van der Waals surface area contributed by atoms with Gasteiger partial charge in [-0.15, -0.1) is 0 Å². The molecule has 2 rings (SSSR count). The van der Waals surface area contributed by atoms with E-state index in [2.05, 4.69) is 8.75 Å². The molecule has 1 aliphatic heterocycles. The molecule has 0 radical (unpaired) electrons. The van der Waals surface area contributed by atoms with Gasteiger partial charge in [0.15, 0.2) is 5.69 Å². The number of carbonyl (C=O) groups is 1. The van der Waals surface area contributed by atoms with Crippen LogP contribution >= 0.6 is 11.7 Å². The highest BCUT2D eigenvalue weighted by molar-refractivity contribution is 6.99. The second-order valence-corrected chi connectivity index (χ2v) is 3.17. The molecule has 0 aromatic carbocycles. The van der Waals surface area contributed by atoms with Crippen LogP contribution in [0.15, 0.2) is 6.20 Å². The van der Waals surface area contributed by atoms with Crippen molar-refractivity contribution in [2.24, 2.45) is 0 Å². The third-order valence-electron chi connectivity index (χ3n) is 1.61. The molecule has 0 saturated carbocycles. The maximum Gasteiger partial charge on any atom is 0.298 e. The van der Waals surface area contributed by atoms with Gasteiger partial charge in [0.25, 0.3) is 5.91 Å². The van der Waals surface area contributed by atoms with Crippen LogP contribution in [-0.4, -0.2) is 44.1 Å². The summed E-state index contributed by atoms with van der Waals surface area (Å²) in [7, 11) is 0. The van der Waals surface area contributed by atoms with E-state index in [4.69, 9.17) is 9.94 Å². The van der Waals surface area contributed by atoms with Gasteiger partial charge < -0.3 is 5.11 Å². The Kier molecular flexibility index (Phi) is 2.21. The van der Waals surface area contributed by atoms with E-state index in [1.165, 1.54) is 6.20 Å². The van der Waals surface area contributed by atoms with Crippen molar-refractivity contribution in [3.8, 4) is 0 Å². The monoisotopic (exact) mass is 201 g/mol. The van der Waals surface area contributed by atoms with Crippen LogP contribution in [-0.2, 0) is 4.84 Å². The molecule has 0 bridgehead atoms. The molecule has 1 aromatic heterocycles. The zero-order valence-electron chi connectivity index (χ0n) is 6.58. The Morgan fingerprint density at radius 1 is 1.85 bits per heavy atom. The van der Waals surface area contributed by atoms with Crippen molar-refractivity contribution in [1.29, 1.82) is 0 Å². The minimum absolute atomic E-state index is 0.156. The van der Waals surface area contributed by atoms with Crippen LogP contribution in [0, 0.1) is 0 Å². The van der Waals surface area contributed by atoms with Crippen LogP contribution in [0.1, 0.15) is 10.5 Å². The van der Waals surface area contributed by atoms with E-state index in [1.54, 1.807) is 0 Å². The molecular weight excluding hydrogens is 194 g/mol. The molecular formula is C6H7N3O3S. The fourth-order valence-electron chi connectivity index (χ4n) is 1.00. The smallest absolute Gasteiger partial charge is 0.298 e. The average Bonchev–Trinajstić information content (AvgIpc) is 2.72. The maximum absolute atomic E-state index is 11.4. The number of hydrogen-bond acceptors (Lipinski definition) is 6. The molecule has 1 amide bonds. The summed E-state index contributed by atoms with van der Waals surface area (Å²) in [5, 5.41) is 10.2. The second-order valence-electron chi connectivity index (χ2n) is 2.61. The zero-order chi connectivity index (χ0) is 9.26. The van der Waals surface area contributed by atoms with Crippen LogP contribution in [0.2, 0.25) is 0 Å². The highest BCUT2D eigenvalue weighted by Crippen LogP contribution is 2.09. The minimum atomic E-state index is -0.601. The van der Waals surface area contributed by atoms with E-state index < -0.39 is 6.10 Å².